The smallest absolute Gasteiger partial charge is 0.253 e. The monoisotopic (exact) mass is 529 g/mol. The van der Waals surface area contributed by atoms with Gasteiger partial charge >= 0.3 is 0 Å². The van der Waals surface area contributed by atoms with Crippen LogP contribution in [0.1, 0.15) is 54.6 Å². The molecule has 37 heavy (non-hydrogen) atoms. The number of rotatable bonds is 11. The molecule has 1 aliphatic heterocycles. The minimum Gasteiger partial charge on any atom is -0.497 e. The summed E-state index contributed by atoms with van der Waals surface area (Å²) in [6, 6.07) is 14.9. The fourth-order valence-electron chi connectivity index (χ4n) is 4.68. The largest absolute Gasteiger partial charge is 0.497 e. The SMILES string of the molecule is CCCN(CC(=O)N(Cc1ccccc1C)C1CCN(C(=O)c2ccc(OC)cc2)CC1)S(=O)(=O)CC. The Morgan fingerprint density at radius 3 is 2.24 bits per heavy atom. The first-order valence-electron chi connectivity index (χ1n) is 12.9. The van der Waals surface area contributed by atoms with Gasteiger partial charge in [0, 0.05) is 37.8 Å². The number of aryl methyl sites for hydroxylation is 1. The molecule has 0 spiro atoms. The van der Waals surface area contributed by atoms with Crippen LogP contribution in [0.2, 0.25) is 0 Å². The van der Waals surface area contributed by atoms with Gasteiger partial charge in [0.1, 0.15) is 5.75 Å². The average Bonchev–Trinajstić information content (AvgIpc) is 2.92. The zero-order valence-electron chi connectivity index (χ0n) is 22.4. The van der Waals surface area contributed by atoms with Crippen LogP contribution in [0, 0.1) is 6.92 Å². The van der Waals surface area contributed by atoms with Crippen LogP contribution < -0.4 is 4.74 Å². The highest BCUT2D eigenvalue weighted by atomic mass is 32.2. The Labute approximate surface area is 221 Å². The molecule has 0 aromatic heterocycles. The molecule has 202 valence electrons. The van der Waals surface area contributed by atoms with Gasteiger partial charge in [-0.15, -0.1) is 0 Å². The third-order valence-electron chi connectivity index (χ3n) is 6.99. The van der Waals surface area contributed by atoms with Crippen molar-refractivity contribution in [2.24, 2.45) is 0 Å². The van der Waals surface area contributed by atoms with Gasteiger partial charge < -0.3 is 14.5 Å². The van der Waals surface area contributed by atoms with Crippen LogP contribution in [0.15, 0.2) is 48.5 Å². The predicted octanol–water partition coefficient (Wildman–Crippen LogP) is 3.70. The van der Waals surface area contributed by atoms with Gasteiger partial charge in [0.15, 0.2) is 0 Å². The van der Waals surface area contributed by atoms with Crippen LogP contribution in [0.4, 0.5) is 0 Å². The van der Waals surface area contributed by atoms with E-state index in [1.807, 2.05) is 47.9 Å². The van der Waals surface area contributed by atoms with Crippen LogP contribution >= 0.6 is 0 Å². The molecular weight excluding hydrogens is 490 g/mol. The zero-order chi connectivity index (χ0) is 27.0. The van der Waals surface area contributed by atoms with Crippen molar-refractivity contribution in [3.8, 4) is 5.75 Å². The van der Waals surface area contributed by atoms with Crippen LogP contribution in [0.5, 0.6) is 5.75 Å². The molecule has 0 radical (unpaired) electrons. The first kappa shape index (κ1) is 28.7. The number of piperidine rings is 1. The maximum absolute atomic E-state index is 13.6. The lowest BCUT2D eigenvalue weighted by atomic mass is 10.00. The number of hydrogen-bond acceptors (Lipinski definition) is 5. The van der Waals surface area contributed by atoms with E-state index < -0.39 is 10.0 Å². The summed E-state index contributed by atoms with van der Waals surface area (Å²) in [4.78, 5) is 30.3. The lowest BCUT2D eigenvalue weighted by Gasteiger charge is -2.39. The quantitative estimate of drug-likeness (QED) is 0.443. The van der Waals surface area contributed by atoms with Gasteiger partial charge in [-0.25, -0.2) is 8.42 Å². The predicted molar refractivity (Wildman–Crippen MR) is 145 cm³/mol. The highest BCUT2D eigenvalue weighted by molar-refractivity contribution is 7.89. The normalized spacial score (nSPS) is 14.6. The number of nitrogens with zero attached hydrogens (tertiary/aromatic N) is 3. The summed E-state index contributed by atoms with van der Waals surface area (Å²) in [7, 11) is -1.91. The Hall–Kier alpha value is -2.91. The molecule has 9 heteroatoms. The standard InChI is InChI=1S/C28H39N3O5S/c1-5-17-30(37(34,35)6-2)21-27(32)31(20-24-10-8-7-9-22(24)3)25-15-18-29(19-16-25)28(33)23-11-13-26(36-4)14-12-23/h7-14,25H,5-6,15-21H2,1-4H3. The number of likely N-dealkylation sites (tertiary alicyclic amines) is 1. The van der Waals surface area contributed by atoms with Crippen LogP contribution in [0.3, 0.4) is 0 Å². The molecule has 1 aliphatic rings. The van der Waals surface area contributed by atoms with E-state index >= 15 is 0 Å². The minimum atomic E-state index is -3.49. The number of carbonyl (C=O) groups is 2. The zero-order valence-corrected chi connectivity index (χ0v) is 23.2. The second-order valence-electron chi connectivity index (χ2n) is 9.43. The Morgan fingerprint density at radius 2 is 1.68 bits per heavy atom. The van der Waals surface area contributed by atoms with E-state index in [0.29, 0.717) is 56.8 Å². The lowest BCUT2D eigenvalue weighted by Crippen LogP contribution is -2.51. The number of hydrogen-bond donors (Lipinski definition) is 0. The summed E-state index contributed by atoms with van der Waals surface area (Å²) in [5.41, 5.74) is 2.72. The number of sulfonamides is 1. The Bertz CT molecular complexity index is 1160. The van der Waals surface area contributed by atoms with Crippen molar-refractivity contribution in [1.29, 1.82) is 0 Å². The van der Waals surface area contributed by atoms with Gasteiger partial charge in [-0.1, -0.05) is 31.2 Å². The van der Waals surface area contributed by atoms with E-state index in [9.17, 15) is 18.0 Å². The second kappa shape index (κ2) is 13.1. The van der Waals surface area contributed by atoms with Crippen molar-refractivity contribution in [2.75, 3.05) is 39.0 Å². The maximum atomic E-state index is 13.6. The molecule has 1 heterocycles. The minimum absolute atomic E-state index is 0.0378. The molecule has 0 saturated carbocycles. The first-order valence-corrected chi connectivity index (χ1v) is 14.6. The molecule has 0 aliphatic carbocycles. The Kier molecular flexibility index (Phi) is 10.1. The number of ether oxygens (including phenoxy) is 1. The molecule has 3 rings (SSSR count). The van der Waals surface area contributed by atoms with E-state index in [-0.39, 0.29) is 30.2 Å². The number of methoxy groups -OCH3 is 1. The fraction of sp³-hybridized carbons (Fsp3) is 0.500. The summed E-state index contributed by atoms with van der Waals surface area (Å²) in [6.07, 6.45) is 1.90. The molecule has 2 aromatic rings. The first-order chi connectivity index (χ1) is 17.7. The summed E-state index contributed by atoms with van der Waals surface area (Å²) in [6.45, 7) is 7.13. The molecule has 0 unspecified atom stereocenters. The molecule has 1 saturated heterocycles. The van der Waals surface area contributed by atoms with Gasteiger partial charge in [0.2, 0.25) is 15.9 Å². The van der Waals surface area contributed by atoms with E-state index in [2.05, 4.69) is 0 Å². The van der Waals surface area contributed by atoms with Crippen molar-refractivity contribution in [3.63, 3.8) is 0 Å². The van der Waals surface area contributed by atoms with E-state index in [1.54, 1.807) is 38.3 Å². The highest BCUT2D eigenvalue weighted by Crippen LogP contribution is 2.23. The van der Waals surface area contributed by atoms with E-state index in [4.69, 9.17) is 4.74 Å². The second-order valence-corrected chi connectivity index (χ2v) is 11.7. The molecule has 2 amide bonds. The third kappa shape index (κ3) is 7.32. The van der Waals surface area contributed by atoms with Crippen molar-refractivity contribution < 1.29 is 22.7 Å². The van der Waals surface area contributed by atoms with Gasteiger partial charge in [0.05, 0.1) is 19.4 Å². The molecule has 8 nitrogen and oxygen atoms in total. The van der Waals surface area contributed by atoms with Crippen molar-refractivity contribution >= 4 is 21.8 Å². The van der Waals surface area contributed by atoms with E-state index in [0.717, 1.165) is 11.1 Å². The Balaban J connectivity index is 1.76. The third-order valence-corrected chi connectivity index (χ3v) is 8.82. The fourth-order valence-corrected chi connectivity index (χ4v) is 5.81. The van der Waals surface area contributed by atoms with Crippen LogP contribution in [-0.4, -0.2) is 79.4 Å². The van der Waals surface area contributed by atoms with Crippen molar-refractivity contribution in [3.05, 3.63) is 65.2 Å². The number of amides is 2. The molecule has 0 bridgehead atoms. The van der Waals surface area contributed by atoms with Crippen molar-refractivity contribution in [1.82, 2.24) is 14.1 Å². The maximum Gasteiger partial charge on any atom is 0.253 e. The lowest BCUT2D eigenvalue weighted by molar-refractivity contribution is -0.135. The van der Waals surface area contributed by atoms with Gasteiger partial charge in [0.25, 0.3) is 5.91 Å². The van der Waals surface area contributed by atoms with Crippen LogP contribution in [0.25, 0.3) is 0 Å². The number of carbonyl (C=O) groups excluding carboxylic acids is 2. The summed E-state index contributed by atoms with van der Waals surface area (Å²) < 4.78 is 31.8. The molecule has 1 fully saturated rings. The number of benzene rings is 2. The van der Waals surface area contributed by atoms with Gasteiger partial charge in [-0.05, 0) is 68.5 Å². The molecule has 2 aromatic carbocycles. The Morgan fingerprint density at radius 1 is 1.03 bits per heavy atom. The molecule has 0 atom stereocenters. The van der Waals surface area contributed by atoms with Crippen LogP contribution in [-0.2, 0) is 21.4 Å². The molecular formula is C28H39N3O5S. The summed E-state index contributed by atoms with van der Waals surface area (Å²) in [5.74, 6) is 0.418. The van der Waals surface area contributed by atoms with Crippen molar-refractivity contribution in [2.45, 2.75) is 52.6 Å². The molecule has 0 N–H and O–H groups in total. The van der Waals surface area contributed by atoms with Gasteiger partial charge in [-0.2, -0.15) is 4.31 Å². The van der Waals surface area contributed by atoms with Gasteiger partial charge in [-0.3, -0.25) is 9.59 Å². The van der Waals surface area contributed by atoms with E-state index in [1.165, 1.54) is 4.31 Å². The summed E-state index contributed by atoms with van der Waals surface area (Å²) in [5, 5.41) is 0. The summed E-state index contributed by atoms with van der Waals surface area (Å²) >= 11 is 0. The highest BCUT2D eigenvalue weighted by Gasteiger charge is 2.32. The topological polar surface area (TPSA) is 87.2 Å². The average molecular weight is 530 g/mol.